The summed E-state index contributed by atoms with van der Waals surface area (Å²) in [6.07, 6.45) is -0.740. The fourth-order valence-corrected chi connectivity index (χ4v) is 1.27. The van der Waals surface area contributed by atoms with Gasteiger partial charge < -0.3 is 14.2 Å². The highest BCUT2D eigenvalue weighted by atomic mass is 16.8. The number of hydrogen-bond acceptors (Lipinski definition) is 4. The molecule has 88 valence electrons. The summed E-state index contributed by atoms with van der Waals surface area (Å²) in [7, 11) is 1.48. The van der Waals surface area contributed by atoms with E-state index in [0.717, 1.165) is 5.56 Å². The quantitative estimate of drug-likeness (QED) is 0.582. The molecule has 0 radical (unpaired) electrons. The standard InChI is InChI=1S/C12H16O4/c1-4-15-11(13)16-12(2,14-3)10-8-6-5-7-9-10/h5-9H,4H2,1-3H3. The molecule has 1 rings (SSSR count). The van der Waals surface area contributed by atoms with Crippen LogP contribution in [0.5, 0.6) is 0 Å². The van der Waals surface area contributed by atoms with E-state index < -0.39 is 11.9 Å². The summed E-state index contributed by atoms with van der Waals surface area (Å²) in [5, 5.41) is 0. The zero-order valence-corrected chi connectivity index (χ0v) is 9.73. The Bertz CT molecular complexity index is 336. The first kappa shape index (κ1) is 12.5. The third-order valence-corrected chi connectivity index (χ3v) is 2.23. The number of carbonyl (C=O) groups excluding carboxylic acids is 1. The van der Waals surface area contributed by atoms with E-state index in [1.54, 1.807) is 13.8 Å². The van der Waals surface area contributed by atoms with Crippen LogP contribution in [0.3, 0.4) is 0 Å². The lowest BCUT2D eigenvalue weighted by atomic mass is 10.1. The highest BCUT2D eigenvalue weighted by Gasteiger charge is 2.31. The second-order valence-electron chi connectivity index (χ2n) is 3.30. The summed E-state index contributed by atoms with van der Waals surface area (Å²) in [6, 6.07) is 9.22. The molecule has 1 unspecified atom stereocenters. The second kappa shape index (κ2) is 5.51. The number of benzene rings is 1. The lowest BCUT2D eigenvalue weighted by molar-refractivity contribution is -0.192. The molecule has 1 aromatic carbocycles. The predicted molar refractivity (Wildman–Crippen MR) is 58.9 cm³/mol. The summed E-state index contributed by atoms with van der Waals surface area (Å²) >= 11 is 0. The van der Waals surface area contributed by atoms with Gasteiger partial charge in [0.05, 0.1) is 6.61 Å². The van der Waals surface area contributed by atoms with E-state index in [1.165, 1.54) is 7.11 Å². The normalized spacial score (nSPS) is 13.9. The molecule has 0 amide bonds. The number of methoxy groups -OCH3 is 1. The maximum absolute atomic E-state index is 11.3. The van der Waals surface area contributed by atoms with E-state index in [1.807, 2.05) is 30.3 Å². The Balaban J connectivity index is 2.82. The SMILES string of the molecule is CCOC(=O)OC(C)(OC)c1ccccc1. The van der Waals surface area contributed by atoms with E-state index in [0.29, 0.717) is 0 Å². The Hall–Kier alpha value is -1.55. The van der Waals surface area contributed by atoms with Crippen LogP contribution in [0.2, 0.25) is 0 Å². The van der Waals surface area contributed by atoms with Crippen molar-refractivity contribution in [3.05, 3.63) is 35.9 Å². The molecule has 0 heterocycles. The summed E-state index contributed by atoms with van der Waals surface area (Å²) in [4.78, 5) is 11.3. The van der Waals surface area contributed by atoms with Crippen molar-refractivity contribution in [1.82, 2.24) is 0 Å². The smallest absolute Gasteiger partial charge is 0.435 e. The number of carbonyl (C=O) groups is 1. The van der Waals surface area contributed by atoms with Crippen molar-refractivity contribution in [1.29, 1.82) is 0 Å². The van der Waals surface area contributed by atoms with Crippen LogP contribution in [-0.2, 0) is 20.0 Å². The lowest BCUT2D eigenvalue weighted by Gasteiger charge is -2.27. The summed E-state index contributed by atoms with van der Waals surface area (Å²) in [6.45, 7) is 3.65. The molecule has 1 aromatic rings. The van der Waals surface area contributed by atoms with Crippen LogP contribution in [0.25, 0.3) is 0 Å². The monoisotopic (exact) mass is 224 g/mol. The maximum atomic E-state index is 11.3. The third kappa shape index (κ3) is 2.97. The Labute approximate surface area is 95.1 Å². The lowest BCUT2D eigenvalue weighted by Crippen LogP contribution is -2.31. The predicted octanol–water partition coefficient (Wildman–Crippen LogP) is 2.68. The molecule has 0 spiro atoms. The molecule has 0 aliphatic carbocycles. The molecule has 0 N–H and O–H groups in total. The van der Waals surface area contributed by atoms with Crippen LogP contribution < -0.4 is 0 Å². The van der Waals surface area contributed by atoms with Crippen molar-refractivity contribution in [2.75, 3.05) is 13.7 Å². The maximum Gasteiger partial charge on any atom is 0.511 e. The average molecular weight is 224 g/mol. The molecular weight excluding hydrogens is 208 g/mol. The van der Waals surface area contributed by atoms with Gasteiger partial charge in [-0.3, -0.25) is 0 Å². The average Bonchev–Trinajstić information content (AvgIpc) is 2.30. The van der Waals surface area contributed by atoms with Crippen molar-refractivity contribution < 1.29 is 19.0 Å². The highest BCUT2D eigenvalue weighted by molar-refractivity contribution is 5.60. The van der Waals surface area contributed by atoms with Crippen LogP contribution in [0.4, 0.5) is 4.79 Å². The Morgan fingerprint density at radius 3 is 2.44 bits per heavy atom. The Kier molecular flexibility index (Phi) is 4.31. The van der Waals surface area contributed by atoms with Crippen LogP contribution in [0, 0.1) is 0 Å². The molecule has 0 fully saturated rings. The number of rotatable bonds is 4. The van der Waals surface area contributed by atoms with Gasteiger partial charge in [-0.15, -0.1) is 0 Å². The van der Waals surface area contributed by atoms with Crippen molar-refractivity contribution >= 4 is 6.16 Å². The second-order valence-corrected chi connectivity index (χ2v) is 3.30. The first-order chi connectivity index (χ1) is 7.62. The minimum absolute atomic E-state index is 0.271. The van der Waals surface area contributed by atoms with Gasteiger partial charge in [0.2, 0.25) is 5.79 Å². The molecule has 16 heavy (non-hydrogen) atoms. The van der Waals surface area contributed by atoms with Crippen LogP contribution in [-0.4, -0.2) is 19.9 Å². The van der Waals surface area contributed by atoms with Gasteiger partial charge in [0.1, 0.15) is 0 Å². The van der Waals surface area contributed by atoms with Crippen LogP contribution in [0.15, 0.2) is 30.3 Å². The van der Waals surface area contributed by atoms with Gasteiger partial charge in [-0.2, -0.15) is 0 Å². The molecule has 0 saturated heterocycles. The van der Waals surface area contributed by atoms with Crippen molar-refractivity contribution in [2.24, 2.45) is 0 Å². The van der Waals surface area contributed by atoms with E-state index >= 15 is 0 Å². The zero-order valence-electron chi connectivity index (χ0n) is 9.73. The minimum Gasteiger partial charge on any atom is -0.435 e. The molecule has 4 nitrogen and oxygen atoms in total. The highest BCUT2D eigenvalue weighted by Crippen LogP contribution is 2.26. The topological polar surface area (TPSA) is 44.8 Å². The minimum atomic E-state index is -1.12. The molecule has 0 saturated carbocycles. The van der Waals surface area contributed by atoms with Gasteiger partial charge in [-0.25, -0.2) is 4.79 Å². The molecule has 4 heteroatoms. The molecule has 0 aromatic heterocycles. The van der Waals surface area contributed by atoms with E-state index in [9.17, 15) is 4.79 Å². The van der Waals surface area contributed by atoms with E-state index in [-0.39, 0.29) is 6.61 Å². The molecule has 1 atom stereocenters. The molecule has 0 aliphatic heterocycles. The zero-order chi connectivity index (χ0) is 12.0. The van der Waals surface area contributed by atoms with Gasteiger partial charge in [0, 0.05) is 19.6 Å². The van der Waals surface area contributed by atoms with Gasteiger partial charge in [-0.1, -0.05) is 30.3 Å². The number of hydrogen-bond donors (Lipinski definition) is 0. The number of ether oxygens (including phenoxy) is 3. The van der Waals surface area contributed by atoms with Crippen LogP contribution >= 0.6 is 0 Å². The largest absolute Gasteiger partial charge is 0.511 e. The summed E-state index contributed by atoms with van der Waals surface area (Å²) in [5.74, 6) is -1.12. The summed E-state index contributed by atoms with van der Waals surface area (Å²) < 4.78 is 15.1. The Morgan fingerprint density at radius 1 is 1.31 bits per heavy atom. The Morgan fingerprint density at radius 2 is 1.94 bits per heavy atom. The van der Waals surface area contributed by atoms with Gasteiger partial charge in [0.25, 0.3) is 0 Å². The molecular formula is C12H16O4. The van der Waals surface area contributed by atoms with E-state index in [2.05, 4.69) is 0 Å². The van der Waals surface area contributed by atoms with Gasteiger partial charge in [-0.05, 0) is 6.92 Å². The fourth-order valence-electron chi connectivity index (χ4n) is 1.27. The van der Waals surface area contributed by atoms with Gasteiger partial charge in [0.15, 0.2) is 0 Å². The van der Waals surface area contributed by atoms with Crippen LogP contribution in [0.1, 0.15) is 19.4 Å². The molecule has 0 aliphatic rings. The first-order valence-corrected chi connectivity index (χ1v) is 5.09. The van der Waals surface area contributed by atoms with Crippen molar-refractivity contribution in [3.8, 4) is 0 Å². The van der Waals surface area contributed by atoms with Crippen molar-refractivity contribution in [3.63, 3.8) is 0 Å². The molecule has 0 bridgehead atoms. The van der Waals surface area contributed by atoms with Gasteiger partial charge >= 0.3 is 6.16 Å². The van der Waals surface area contributed by atoms with E-state index in [4.69, 9.17) is 14.2 Å². The van der Waals surface area contributed by atoms with Crippen molar-refractivity contribution in [2.45, 2.75) is 19.6 Å². The summed E-state index contributed by atoms with van der Waals surface area (Å²) in [5.41, 5.74) is 0.755. The first-order valence-electron chi connectivity index (χ1n) is 5.09. The third-order valence-electron chi connectivity index (χ3n) is 2.23. The fraction of sp³-hybridized carbons (Fsp3) is 0.417.